The standard InChI is InChI=1S/C22H16ClFN4O5/c23-16-2-1-3-17(24)15(16)9-28-11-25-22(27-28)26-21(29)19-7-5-14(33-19)10-30-13-4-6-18-20(8-13)32-12-31-18/h1-8,11H,9-10,12H2,(H,26,27,29). The van der Waals surface area contributed by atoms with E-state index in [9.17, 15) is 9.18 Å². The molecule has 0 bridgehead atoms. The molecule has 0 atom stereocenters. The summed E-state index contributed by atoms with van der Waals surface area (Å²) in [5, 5.41) is 6.94. The SMILES string of the molecule is O=C(Nc1ncn(Cc2c(F)cccc2Cl)n1)c1ccc(COc2ccc3c(c2)OCO3)o1. The van der Waals surface area contributed by atoms with Gasteiger partial charge >= 0.3 is 0 Å². The molecule has 1 N–H and O–H groups in total. The van der Waals surface area contributed by atoms with Crippen LogP contribution in [0.3, 0.4) is 0 Å². The van der Waals surface area contributed by atoms with Crippen LogP contribution in [0.4, 0.5) is 10.3 Å². The number of hydrogen-bond acceptors (Lipinski definition) is 7. The molecule has 168 valence electrons. The number of nitrogens with zero attached hydrogens (tertiary/aromatic N) is 3. The molecule has 0 saturated heterocycles. The van der Waals surface area contributed by atoms with Crippen molar-refractivity contribution in [3.63, 3.8) is 0 Å². The lowest BCUT2D eigenvalue weighted by Crippen LogP contribution is -2.13. The van der Waals surface area contributed by atoms with E-state index in [4.69, 9.17) is 30.2 Å². The lowest BCUT2D eigenvalue weighted by Gasteiger charge is -2.05. The van der Waals surface area contributed by atoms with E-state index < -0.39 is 11.7 Å². The summed E-state index contributed by atoms with van der Waals surface area (Å²) in [5.41, 5.74) is 0.278. The largest absolute Gasteiger partial charge is 0.486 e. The third-order valence-electron chi connectivity index (χ3n) is 4.75. The van der Waals surface area contributed by atoms with Crippen LogP contribution in [0.5, 0.6) is 17.2 Å². The van der Waals surface area contributed by atoms with Crippen LogP contribution in [-0.2, 0) is 13.2 Å². The van der Waals surface area contributed by atoms with Crippen LogP contribution in [0.25, 0.3) is 0 Å². The van der Waals surface area contributed by atoms with Crippen molar-refractivity contribution in [1.82, 2.24) is 14.8 Å². The molecular weight excluding hydrogens is 455 g/mol. The fourth-order valence-electron chi connectivity index (χ4n) is 3.14. The second-order valence-electron chi connectivity index (χ2n) is 6.99. The summed E-state index contributed by atoms with van der Waals surface area (Å²) >= 11 is 6.04. The van der Waals surface area contributed by atoms with Crippen LogP contribution in [0, 0.1) is 5.82 Å². The topological polar surface area (TPSA) is 101 Å². The first-order valence-corrected chi connectivity index (χ1v) is 10.2. The molecular formula is C22H16ClFN4O5. The number of amides is 1. The summed E-state index contributed by atoms with van der Waals surface area (Å²) in [4.78, 5) is 16.5. The molecule has 0 aliphatic carbocycles. The Kier molecular flexibility index (Phi) is 5.57. The van der Waals surface area contributed by atoms with Gasteiger partial charge in [-0.25, -0.2) is 14.1 Å². The van der Waals surface area contributed by atoms with Gasteiger partial charge in [-0.05, 0) is 36.4 Å². The zero-order valence-electron chi connectivity index (χ0n) is 17.0. The lowest BCUT2D eigenvalue weighted by molar-refractivity contribution is 0.0991. The zero-order valence-corrected chi connectivity index (χ0v) is 17.7. The fraction of sp³-hybridized carbons (Fsp3) is 0.136. The minimum absolute atomic E-state index is 0.0435. The monoisotopic (exact) mass is 470 g/mol. The molecule has 0 spiro atoms. The van der Waals surface area contributed by atoms with E-state index in [1.165, 1.54) is 29.2 Å². The van der Waals surface area contributed by atoms with Crippen LogP contribution in [0.2, 0.25) is 5.02 Å². The van der Waals surface area contributed by atoms with Crippen LogP contribution in [-0.4, -0.2) is 27.5 Å². The minimum atomic E-state index is -0.536. The predicted molar refractivity (Wildman–Crippen MR) is 114 cm³/mol. The zero-order chi connectivity index (χ0) is 22.8. The number of furan rings is 1. The van der Waals surface area contributed by atoms with Gasteiger partial charge in [-0.2, -0.15) is 0 Å². The summed E-state index contributed by atoms with van der Waals surface area (Å²) in [6.07, 6.45) is 1.37. The number of benzene rings is 2. The molecule has 11 heteroatoms. The van der Waals surface area contributed by atoms with E-state index in [0.29, 0.717) is 23.0 Å². The van der Waals surface area contributed by atoms with Gasteiger partial charge in [0.15, 0.2) is 17.3 Å². The summed E-state index contributed by atoms with van der Waals surface area (Å²) in [5.74, 6) is 1.41. The number of hydrogen-bond donors (Lipinski definition) is 1. The van der Waals surface area contributed by atoms with Gasteiger partial charge in [0.05, 0.1) is 6.54 Å². The Morgan fingerprint density at radius 3 is 2.94 bits per heavy atom. The molecule has 5 rings (SSSR count). The Labute approximate surface area is 191 Å². The van der Waals surface area contributed by atoms with E-state index in [1.807, 2.05) is 0 Å². The Hall–Kier alpha value is -4.05. The highest BCUT2D eigenvalue weighted by atomic mass is 35.5. The smallest absolute Gasteiger partial charge is 0.293 e. The number of anilines is 1. The van der Waals surface area contributed by atoms with Crippen LogP contribution < -0.4 is 19.5 Å². The Balaban J connectivity index is 1.18. The minimum Gasteiger partial charge on any atom is -0.486 e. The Morgan fingerprint density at radius 1 is 1.18 bits per heavy atom. The number of nitrogens with one attached hydrogen (secondary N) is 1. The van der Waals surface area contributed by atoms with Crippen molar-refractivity contribution in [1.29, 1.82) is 0 Å². The van der Waals surface area contributed by atoms with E-state index in [-0.39, 0.29) is 42.2 Å². The van der Waals surface area contributed by atoms with E-state index in [1.54, 1.807) is 30.3 Å². The molecule has 1 aliphatic heterocycles. The maximum absolute atomic E-state index is 14.0. The molecule has 9 nitrogen and oxygen atoms in total. The molecule has 3 heterocycles. The molecule has 4 aromatic rings. The first kappa shape index (κ1) is 20.8. The maximum atomic E-state index is 14.0. The van der Waals surface area contributed by atoms with Crippen LogP contribution >= 0.6 is 11.6 Å². The van der Waals surface area contributed by atoms with Crippen LogP contribution in [0.1, 0.15) is 21.9 Å². The highest BCUT2D eigenvalue weighted by molar-refractivity contribution is 6.31. The second kappa shape index (κ2) is 8.83. The first-order valence-electron chi connectivity index (χ1n) is 9.80. The van der Waals surface area contributed by atoms with Crippen molar-refractivity contribution in [2.24, 2.45) is 0 Å². The number of carbonyl (C=O) groups is 1. The van der Waals surface area contributed by atoms with Crippen molar-refractivity contribution in [2.45, 2.75) is 13.2 Å². The molecule has 2 aromatic carbocycles. The third-order valence-corrected chi connectivity index (χ3v) is 5.11. The number of aromatic nitrogens is 3. The second-order valence-corrected chi connectivity index (χ2v) is 7.40. The van der Waals surface area contributed by atoms with E-state index in [2.05, 4.69) is 15.4 Å². The van der Waals surface area contributed by atoms with Gasteiger partial charge in [0, 0.05) is 16.7 Å². The van der Waals surface area contributed by atoms with Crippen molar-refractivity contribution in [3.8, 4) is 17.2 Å². The van der Waals surface area contributed by atoms with E-state index >= 15 is 0 Å². The Bertz CT molecular complexity index is 1300. The van der Waals surface area contributed by atoms with Crippen LogP contribution in [0.15, 0.2) is 59.3 Å². The van der Waals surface area contributed by atoms with Crippen molar-refractivity contribution in [2.75, 3.05) is 12.1 Å². The molecule has 1 amide bonds. The van der Waals surface area contributed by atoms with Gasteiger partial charge in [0.2, 0.25) is 12.7 Å². The lowest BCUT2D eigenvalue weighted by atomic mass is 10.2. The molecule has 1 aliphatic rings. The number of carbonyl (C=O) groups excluding carboxylic acids is 1. The Morgan fingerprint density at radius 2 is 2.06 bits per heavy atom. The fourth-order valence-corrected chi connectivity index (χ4v) is 3.36. The maximum Gasteiger partial charge on any atom is 0.293 e. The van der Waals surface area contributed by atoms with Gasteiger partial charge < -0.3 is 18.6 Å². The highest BCUT2D eigenvalue weighted by Crippen LogP contribution is 2.35. The van der Waals surface area contributed by atoms with Gasteiger partial charge in [0.1, 0.15) is 30.3 Å². The summed E-state index contributed by atoms with van der Waals surface area (Å²) < 4.78 is 37.1. The normalized spacial score (nSPS) is 12.1. The molecule has 33 heavy (non-hydrogen) atoms. The van der Waals surface area contributed by atoms with E-state index in [0.717, 1.165) is 0 Å². The average molecular weight is 471 g/mol. The van der Waals surface area contributed by atoms with Crippen molar-refractivity contribution >= 4 is 23.5 Å². The molecule has 0 radical (unpaired) electrons. The molecule has 0 unspecified atom stereocenters. The molecule has 2 aromatic heterocycles. The molecule has 0 saturated carbocycles. The summed E-state index contributed by atoms with van der Waals surface area (Å²) in [7, 11) is 0. The third kappa shape index (κ3) is 4.60. The summed E-state index contributed by atoms with van der Waals surface area (Å²) in [6, 6.07) is 12.8. The van der Waals surface area contributed by atoms with Gasteiger partial charge in [-0.1, -0.05) is 17.7 Å². The first-order chi connectivity index (χ1) is 16.0. The number of rotatable bonds is 7. The number of fused-ring (bicyclic) bond motifs is 1. The van der Waals surface area contributed by atoms with Gasteiger partial charge in [0.25, 0.3) is 5.91 Å². The quantitative estimate of drug-likeness (QED) is 0.430. The van der Waals surface area contributed by atoms with Crippen molar-refractivity contribution < 1.29 is 27.8 Å². The number of ether oxygens (including phenoxy) is 3. The summed E-state index contributed by atoms with van der Waals surface area (Å²) in [6.45, 7) is 0.360. The van der Waals surface area contributed by atoms with Gasteiger partial charge in [-0.15, -0.1) is 5.10 Å². The highest BCUT2D eigenvalue weighted by Gasteiger charge is 2.16. The average Bonchev–Trinajstić information content (AvgIpc) is 3.55. The number of halogens is 2. The van der Waals surface area contributed by atoms with Crippen molar-refractivity contribution in [3.05, 3.63) is 82.8 Å². The van der Waals surface area contributed by atoms with Gasteiger partial charge in [-0.3, -0.25) is 10.1 Å². The molecule has 0 fully saturated rings. The predicted octanol–water partition coefficient (Wildman–Crippen LogP) is 4.27.